The van der Waals surface area contributed by atoms with Crippen molar-refractivity contribution in [1.29, 1.82) is 0 Å². The highest BCUT2D eigenvalue weighted by Gasteiger charge is 2.48. The average molecular weight is 587 g/mol. The van der Waals surface area contributed by atoms with E-state index in [1.807, 2.05) is 6.92 Å². The molecule has 1 saturated heterocycles. The van der Waals surface area contributed by atoms with E-state index in [0.29, 0.717) is 34.3 Å². The molecule has 5 rings (SSSR count). The number of pyridine rings is 2. The number of aromatic nitrogens is 2. The molecule has 0 bridgehead atoms. The van der Waals surface area contributed by atoms with Crippen LogP contribution < -0.4 is 10.3 Å². The van der Waals surface area contributed by atoms with E-state index in [9.17, 15) is 50.1 Å². The van der Waals surface area contributed by atoms with Gasteiger partial charge in [-0.3, -0.25) is 4.79 Å². The van der Waals surface area contributed by atoms with Gasteiger partial charge in [-0.15, -0.1) is 0 Å². The van der Waals surface area contributed by atoms with Crippen LogP contribution in [0, 0.1) is 0 Å². The van der Waals surface area contributed by atoms with E-state index in [1.165, 1.54) is 23.6 Å². The van der Waals surface area contributed by atoms with E-state index in [0.717, 1.165) is 5.56 Å². The molecule has 42 heavy (non-hydrogen) atoms. The van der Waals surface area contributed by atoms with E-state index in [4.69, 9.17) is 14.5 Å². The zero-order valence-corrected chi connectivity index (χ0v) is 22.6. The van der Waals surface area contributed by atoms with Gasteiger partial charge in [-0.2, -0.15) is 0 Å². The van der Waals surface area contributed by atoms with Crippen LogP contribution in [0.15, 0.2) is 29.1 Å². The summed E-state index contributed by atoms with van der Waals surface area (Å²) in [5, 5.41) is 70.9. The lowest BCUT2D eigenvalue weighted by atomic mass is 9.87. The molecule has 0 spiro atoms. The van der Waals surface area contributed by atoms with Crippen molar-refractivity contribution in [2.75, 3.05) is 0 Å². The number of aliphatic carboxylic acids is 2. The molecule has 7 N–H and O–H groups in total. The monoisotopic (exact) mass is 586 g/mol. The molecular weight excluding hydrogens is 556 g/mol. The predicted molar refractivity (Wildman–Crippen MR) is 143 cm³/mol. The molecule has 0 radical (unpaired) electrons. The SMILES string of the molecule is CCc1c2c(nc3ccc(O[C@@H]4O[C@H](C(=O)O)[C@@H](O)[C@H](O)[C@H]4O)cc13)-c1cc([C@@](O)(CC)C(=O)O)c(CO)c(=O)n1C2. The molecule has 0 aliphatic carbocycles. The van der Waals surface area contributed by atoms with Crippen LogP contribution in [0.2, 0.25) is 0 Å². The quantitative estimate of drug-likeness (QED) is 0.137. The Hall–Kier alpha value is -3.92. The van der Waals surface area contributed by atoms with Gasteiger partial charge in [-0.25, -0.2) is 14.6 Å². The maximum atomic E-state index is 13.4. The van der Waals surface area contributed by atoms with Crippen molar-refractivity contribution < 1.29 is 54.8 Å². The highest BCUT2D eigenvalue weighted by Crippen LogP contribution is 2.39. The van der Waals surface area contributed by atoms with Gasteiger partial charge >= 0.3 is 11.9 Å². The number of aliphatic hydroxyl groups is 5. The van der Waals surface area contributed by atoms with Crippen LogP contribution >= 0.6 is 0 Å². The van der Waals surface area contributed by atoms with Crippen LogP contribution in [-0.4, -0.2) is 87.9 Å². The van der Waals surface area contributed by atoms with Crippen molar-refractivity contribution in [2.24, 2.45) is 0 Å². The molecule has 3 aromatic rings. The second-order valence-electron chi connectivity index (χ2n) is 10.3. The Morgan fingerprint density at radius 2 is 1.81 bits per heavy atom. The smallest absolute Gasteiger partial charge is 0.340 e. The van der Waals surface area contributed by atoms with Gasteiger partial charge in [0.05, 0.1) is 30.1 Å². The highest BCUT2D eigenvalue weighted by molar-refractivity contribution is 5.89. The highest BCUT2D eigenvalue weighted by atomic mass is 16.7. The first-order valence-electron chi connectivity index (χ1n) is 13.3. The number of hydrogen-bond acceptors (Lipinski definition) is 11. The van der Waals surface area contributed by atoms with Crippen LogP contribution in [0.3, 0.4) is 0 Å². The lowest BCUT2D eigenvalue weighted by molar-refractivity contribution is -0.271. The summed E-state index contributed by atoms with van der Waals surface area (Å²) in [6, 6.07) is 6.03. The number of fused-ring (bicyclic) bond motifs is 4. The van der Waals surface area contributed by atoms with Gasteiger partial charge in [0.1, 0.15) is 24.1 Å². The third-order valence-electron chi connectivity index (χ3n) is 8.02. The number of carboxylic acids is 2. The minimum absolute atomic E-state index is 0.0699. The Morgan fingerprint density at radius 1 is 1.10 bits per heavy atom. The first-order chi connectivity index (χ1) is 19.9. The molecule has 14 heteroatoms. The normalized spacial score (nSPS) is 24.6. The van der Waals surface area contributed by atoms with E-state index in [2.05, 4.69) is 0 Å². The molecular formula is C28H30N2O12. The lowest BCUT2D eigenvalue weighted by Gasteiger charge is -2.38. The standard InChI is InChI=1S/C28H30N2O12/c1-3-12-13-7-11(41-26-22(34)20(32)21(33)23(42-26)25(36)37)5-6-17(13)29-19-14(12)9-30-18(19)8-16(15(10-31)24(30)35)28(40,4-2)27(38)39/h5-8,20-23,26,31-34,40H,3-4,9-10H2,1-2H3,(H,36,37)(H,38,39)/t20-,21-,22+,23-,26+,28-/m0/s1. The van der Waals surface area contributed by atoms with Crippen molar-refractivity contribution in [3.63, 3.8) is 0 Å². The van der Waals surface area contributed by atoms with Crippen LogP contribution in [0.4, 0.5) is 0 Å². The first kappa shape index (κ1) is 29.6. The number of nitrogens with zero attached hydrogens (tertiary/aromatic N) is 2. The molecule has 6 atom stereocenters. The van der Waals surface area contributed by atoms with Crippen LogP contribution in [0.5, 0.6) is 5.75 Å². The maximum Gasteiger partial charge on any atom is 0.340 e. The third-order valence-corrected chi connectivity index (χ3v) is 8.02. The lowest BCUT2D eigenvalue weighted by Crippen LogP contribution is -2.61. The van der Waals surface area contributed by atoms with E-state index in [-0.39, 0.29) is 29.8 Å². The van der Waals surface area contributed by atoms with Gasteiger partial charge in [0.25, 0.3) is 5.56 Å². The fourth-order valence-electron chi connectivity index (χ4n) is 5.67. The fraction of sp³-hybridized carbons (Fsp3) is 0.429. The maximum absolute atomic E-state index is 13.4. The Kier molecular flexibility index (Phi) is 7.55. The Balaban J connectivity index is 1.60. The van der Waals surface area contributed by atoms with Crippen molar-refractivity contribution >= 4 is 22.8 Å². The zero-order chi connectivity index (χ0) is 30.7. The molecule has 0 saturated carbocycles. The second kappa shape index (κ2) is 10.7. The van der Waals surface area contributed by atoms with Gasteiger partial charge in [0.15, 0.2) is 11.7 Å². The van der Waals surface area contributed by atoms with Crippen LogP contribution in [0.25, 0.3) is 22.3 Å². The Bertz CT molecular complexity index is 1650. The van der Waals surface area contributed by atoms with Gasteiger partial charge in [0, 0.05) is 22.1 Å². The summed E-state index contributed by atoms with van der Waals surface area (Å²) in [7, 11) is 0. The third kappa shape index (κ3) is 4.43. The number of benzene rings is 1. The number of aliphatic hydroxyl groups excluding tert-OH is 4. The van der Waals surface area contributed by atoms with Gasteiger partial charge < -0.3 is 49.8 Å². The predicted octanol–water partition coefficient (Wildman–Crippen LogP) is -0.567. The first-order valence-corrected chi connectivity index (χ1v) is 13.3. The van der Waals surface area contributed by atoms with Gasteiger partial charge in [-0.1, -0.05) is 13.8 Å². The number of hydrogen-bond donors (Lipinski definition) is 7. The zero-order valence-electron chi connectivity index (χ0n) is 22.6. The molecule has 2 aliphatic heterocycles. The molecule has 224 valence electrons. The summed E-state index contributed by atoms with van der Waals surface area (Å²) in [5.41, 5.74) is -0.882. The molecule has 14 nitrogen and oxygen atoms in total. The Morgan fingerprint density at radius 3 is 2.40 bits per heavy atom. The summed E-state index contributed by atoms with van der Waals surface area (Å²) in [6.07, 6.45) is -8.68. The van der Waals surface area contributed by atoms with Crippen molar-refractivity contribution in [2.45, 2.75) is 76.1 Å². The van der Waals surface area contributed by atoms with E-state index in [1.54, 1.807) is 12.1 Å². The number of aryl methyl sites for hydroxylation is 1. The molecule has 2 aliphatic rings. The van der Waals surface area contributed by atoms with Crippen molar-refractivity contribution in [3.8, 4) is 17.1 Å². The fourth-order valence-corrected chi connectivity index (χ4v) is 5.67. The largest absolute Gasteiger partial charge is 0.479 e. The van der Waals surface area contributed by atoms with Crippen LogP contribution in [-0.2, 0) is 39.5 Å². The van der Waals surface area contributed by atoms with E-state index >= 15 is 0 Å². The molecule has 0 amide bonds. The summed E-state index contributed by atoms with van der Waals surface area (Å²) in [5.74, 6) is -2.96. The molecule has 2 aromatic heterocycles. The van der Waals surface area contributed by atoms with Gasteiger partial charge in [-0.05, 0) is 42.7 Å². The summed E-state index contributed by atoms with van der Waals surface area (Å²) in [4.78, 5) is 41.6. The number of ether oxygens (including phenoxy) is 2. The summed E-state index contributed by atoms with van der Waals surface area (Å²) < 4.78 is 12.3. The number of carbonyl (C=O) groups is 2. The van der Waals surface area contributed by atoms with Crippen molar-refractivity contribution in [1.82, 2.24) is 9.55 Å². The molecule has 1 fully saturated rings. The second-order valence-corrected chi connectivity index (χ2v) is 10.3. The summed E-state index contributed by atoms with van der Waals surface area (Å²) >= 11 is 0. The minimum atomic E-state index is -2.40. The van der Waals surface area contributed by atoms with Crippen molar-refractivity contribution in [3.05, 3.63) is 56.9 Å². The van der Waals surface area contributed by atoms with E-state index < -0.39 is 60.4 Å². The number of carboxylic acid groups (broad SMARTS) is 2. The summed E-state index contributed by atoms with van der Waals surface area (Å²) in [6.45, 7) is 2.63. The van der Waals surface area contributed by atoms with Crippen LogP contribution in [0.1, 0.15) is 42.5 Å². The molecule has 0 unspecified atom stereocenters. The topological polar surface area (TPSA) is 229 Å². The molecule has 4 heterocycles. The average Bonchev–Trinajstić information content (AvgIpc) is 3.33. The van der Waals surface area contributed by atoms with Gasteiger partial charge in [0.2, 0.25) is 6.29 Å². The number of rotatable bonds is 8. The molecule has 1 aromatic carbocycles. The Labute approximate surface area is 237 Å². The minimum Gasteiger partial charge on any atom is -0.479 e.